The monoisotopic (exact) mass is 474 g/mol. The molecule has 1 aliphatic rings. The van der Waals surface area contributed by atoms with Crippen molar-refractivity contribution >= 4 is 50.1 Å². The Morgan fingerprint density at radius 2 is 2.14 bits per heavy atom. The molecule has 1 fully saturated rings. The van der Waals surface area contributed by atoms with Gasteiger partial charge in [-0.2, -0.15) is 0 Å². The molecule has 1 saturated heterocycles. The van der Waals surface area contributed by atoms with E-state index in [1.54, 1.807) is 12.1 Å². The maximum atomic E-state index is 12.9. The fraction of sp³-hybridized carbons (Fsp3) is 0.273. The predicted molar refractivity (Wildman–Crippen MR) is 117 cm³/mol. The largest absolute Gasteiger partial charge is 0.438 e. The van der Waals surface area contributed by atoms with Crippen LogP contribution < -0.4 is 10.9 Å². The highest BCUT2D eigenvalue weighted by Gasteiger charge is 2.18. The Labute approximate surface area is 181 Å². The Kier molecular flexibility index (Phi) is 6.04. The molecule has 2 aromatic carbocycles. The number of ether oxygens (including phenoxy) is 1. The van der Waals surface area contributed by atoms with Crippen LogP contribution in [0.5, 0.6) is 0 Å². The lowest BCUT2D eigenvalue weighted by Crippen LogP contribution is -2.34. The van der Waals surface area contributed by atoms with E-state index in [1.165, 1.54) is 0 Å². The fourth-order valence-corrected chi connectivity index (χ4v) is 3.78. The van der Waals surface area contributed by atoms with Gasteiger partial charge in [-0.3, -0.25) is 4.79 Å². The second-order valence-corrected chi connectivity index (χ2v) is 8.36. The predicted octanol–water partition coefficient (Wildman–Crippen LogP) is 5.30. The molecule has 4 rings (SSSR count). The minimum absolute atomic E-state index is 0.0572. The molecule has 0 unspecified atom stereocenters. The van der Waals surface area contributed by atoms with Crippen molar-refractivity contribution in [2.24, 2.45) is 4.99 Å². The van der Waals surface area contributed by atoms with Crippen molar-refractivity contribution < 1.29 is 13.9 Å². The van der Waals surface area contributed by atoms with Gasteiger partial charge >= 0.3 is 0 Å². The molecule has 0 aliphatic carbocycles. The van der Waals surface area contributed by atoms with Gasteiger partial charge < -0.3 is 14.5 Å². The van der Waals surface area contributed by atoms with Crippen molar-refractivity contribution in [2.75, 3.05) is 13.2 Å². The van der Waals surface area contributed by atoms with Crippen LogP contribution in [0.3, 0.4) is 0 Å². The number of fused-ring (bicyclic) bond motifs is 1. The lowest BCUT2D eigenvalue weighted by molar-refractivity contribution is 0.0854. The molecular formula is C22H20BrClN2O3. The number of halogens is 2. The third-order valence-electron chi connectivity index (χ3n) is 4.85. The van der Waals surface area contributed by atoms with Crippen molar-refractivity contribution in [2.45, 2.75) is 25.9 Å². The summed E-state index contributed by atoms with van der Waals surface area (Å²) in [6.45, 7) is 3.13. The minimum atomic E-state index is -0.247. The van der Waals surface area contributed by atoms with E-state index in [1.807, 2.05) is 37.3 Å². The Balaban J connectivity index is 1.76. The van der Waals surface area contributed by atoms with Crippen LogP contribution in [-0.4, -0.2) is 25.2 Å². The number of nitrogens with one attached hydrogen (secondary N) is 1. The van der Waals surface area contributed by atoms with Gasteiger partial charge in [0.05, 0.1) is 11.8 Å². The van der Waals surface area contributed by atoms with Gasteiger partial charge in [0.1, 0.15) is 11.1 Å². The number of hydrogen-bond donors (Lipinski definition) is 1. The molecule has 3 aromatic rings. The Morgan fingerprint density at radius 3 is 2.90 bits per heavy atom. The lowest BCUT2D eigenvalue weighted by Gasteiger charge is -2.11. The summed E-state index contributed by atoms with van der Waals surface area (Å²) in [6.07, 6.45) is 2.03. The van der Waals surface area contributed by atoms with Gasteiger partial charge in [-0.1, -0.05) is 33.6 Å². The van der Waals surface area contributed by atoms with E-state index in [-0.39, 0.29) is 17.6 Å². The highest BCUT2D eigenvalue weighted by Crippen LogP contribution is 2.23. The third-order valence-corrected chi connectivity index (χ3v) is 5.75. The van der Waals surface area contributed by atoms with Gasteiger partial charge in [-0.05, 0) is 61.7 Å². The van der Waals surface area contributed by atoms with E-state index < -0.39 is 0 Å². The number of amides is 1. The van der Waals surface area contributed by atoms with Gasteiger partial charge in [0.15, 0.2) is 0 Å². The van der Waals surface area contributed by atoms with Crippen molar-refractivity contribution in [3.8, 4) is 0 Å². The van der Waals surface area contributed by atoms with Crippen LogP contribution in [-0.2, 0) is 4.74 Å². The summed E-state index contributed by atoms with van der Waals surface area (Å²) in [5.41, 5.74) is 2.82. The van der Waals surface area contributed by atoms with Crippen molar-refractivity contribution in [3.05, 3.63) is 68.6 Å². The zero-order valence-corrected chi connectivity index (χ0v) is 18.2. The molecule has 29 heavy (non-hydrogen) atoms. The van der Waals surface area contributed by atoms with Crippen LogP contribution in [0, 0.1) is 6.92 Å². The van der Waals surface area contributed by atoms with E-state index in [0.717, 1.165) is 34.9 Å². The maximum absolute atomic E-state index is 12.9. The van der Waals surface area contributed by atoms with Gasteiger partial charge in [-0.15, -0.1) is 0 Å². The Morgan fingerprint density at radius 1 is 1.28 bits per heavy atom. The molecule has 0 radical (unpaired) electrons. The van der Waals surface area contributed by atoms with E-state index in [4.69, 9.17) is 20.8 Å². The van der Waals surface area contributed by atoms with E-state index in [9.17, 15) is 4.79 Å². The van der Waals surface area contributed by atoms with Gasteiger partial charge in [0.25, 0.3) is 5.91 Å². The number of hydrogen-bond acceptors (Lipinski definition) is 4. The van der Waals surface area contributed by atoms with Crippen molar-refractivity contribution in [1.82, 2.24) is 5.32 Å². The summed E-state index contributed by atoms with van der Waals surface area (Å²) in [5, 5.41) is 4.36. The highest BCUT2D eigenvalue weighted by molar-refractivity contribution is 9.10. The van der Waals surface area contributed by atoms with Crippen LogP contribution in [0.25, 0.3) is 11.0 Å². The van der Waals surface area contributed by atoms with Crippen molar-refractivity contribution in [1.29, 1.82) is 0 Å². The molecule has 150 valence electrons. The maximum Gasteiger partial charge on any atom is 0.256 e. The van der Waals surface area contributed by atoms with Crippen LogP contribution in [0.2, 0.25) is 5.02 Å². The summed E-state index contributed by atoms with van der Waals surface area (Å²) in [4.78, 5) is 17.5. The number of nitrogens with zero attached hydrogens (tertiary/aromatic N) is 1. The molecule has 1 N–H and O–H groups in total. The first kappa shape index (κ1) is 20.1. The molecule has 1 aromatic heterocycles. The zero-order valence-electron chi connectivity index (χ0n) is 15.9. The van der Waals surface area contributed by atoms with Crippen LogP contribution in [0.1, 0.15) is 28.8 Å². The standard InChI is InChI=1S/C22H20BrClN2O3/c1-13-4-6-16(11-19(13)24)26-22-18(21(27)25-12-17-3-2-8-28-17)10-14-9-15(23)5-7-20(14)29-22/h4-7,9-11,17H,2-3,8,12H2,1H3,(H,25,27)/t17-/m0/s1. The SMILES string of the molecule is Cc1ccc(N=c2oc3ccc(Br)cc3cc2C(=O)NC[C@@H]2CCCO2)cc1Cl. The number of aryl methyl sites for hydroxylation is 1. The number of carbonyl (C=O) groups is 1. The first-order valence-corrected chi connectivity index (χ1v) is 10.6. The van der Waals surface area contributed by atoms with Gasteiger partial charge in [0.2, 0.25) is 5.55 Å². The Bertz CT molecular complexity index is 1140. The molecule has 0 bridgehead atoms. The topological polar surface area (TPSA) is 63.8 Å². The minimum Gasteiger partial charge on any atom is -0.438 e. The zero-order chi connectivity index (χ0) is 20.4. The lowest BCUT2D eigenvalue weighted by atomic mass is 10.1. The summed E-state index contributed by atoms with van der Waals surface area (Å²) in [7, 11) is 0. The first-order valence-electron chi connectivity index (χ1n) is 9.44. The normalized spacial score (nSPS) is 17.1. The van der Waals surface area contributed by atoms with E-state index >= 15 is 0 Å². The average molecular weight is 476 g/mol. The first-order chi connectivity index (χ1) is 14.0. The average Bonchev–Trinajstić information content (AvgIpc) is 3.22. The molecule has 2 heterocycles. The smallest absolute Gasteiger partial charge is 0.256 e. The van der Waals surface area contributed by atoms with Crippen molar-refractivity contribution in [3.63, 3.8) is 0 Å². The van der Waals surface area contributed by atoms with Crippen LogP contribution in [0.4, 0.5) is 5.69 Å². The molecule has 1 atom stereocenters. The molecule has 0 saturated carbocycles. The summed E-state index contributed by atoms with van der Waals surface area (Å²) in [5.74, 6) is -0.247. The number of benzene rings is 2. The highest BCUT2D eigenvalue weighted by atomic mass is 79.9. The van der Waals surface area contributed by atoms with Gasteiger partial charge in [-0.25, -0.2) is 4.99 Å². The second-order valence-electron chi connectivity index (χ2n) is 7.04. The second kappa shape index (κ2) is 8.69. The molecule has 0 spiro atoms. The molecule has 1 aliphatic heterocycles. The van der Waals surface area contributed by atoms with Crippen LogP contribution >= 0.6 is 27.5 Å². The third kappa shape index (κ3) is 4.71. The number of carbonyl (C=O) groups excluding carboxylic acids is 1. The van der Waals surface area contributed by atoms with Crippen LogP contribution in [0.15, 0.2) is 56.3 Å². The summed E-state index contributed by atoms with van der Waals surface area (Å²) in [6, 6.07) is 12.9. The molecule has 1 amide bonds. The molecule has 5 nitrogen and oxygen atoms in total. The van der Waals surface area contributed by atoms with Gasteiger partial charge in [0, 0.05) is 28.0 Å². The quantitative estimate of drug-likeness (QED) is 0.557. The summed E-state index contributed by atoms with van der Waals surface area (Å²) < 4.78 is 12.5. The van der Waals surface area contributed by atoms with E-state index in [2.05, 4.69) is 26.2 Å². The molecule has 7 heteroatoms. The van der Waals surface area contributed by atoms with E-state index in [0.29, 0.717) is 28.4 Å². The molecular weight excluding hydrogens is 456 g/mol. The summed E-state index contributed by atoms with van der Waals surface area (Å²) >= 11 is 9.69. The Hall–Kier alpha value is -2.15. The fourth-order valence-electron chi connectivity index (χ4n) is 3.22. The number of rotatable bonds is 4.